The van der Waals surface area contributed by atoms with Gasteiger partial charge < -0.3 is 5.32 Å². The Hall–Kier alpha value is -0.710. The fourth-order valence-electron chi connectivity index (χ4n) is 1.93. The summed E-state index contributed by atoms with van der Waals surface area (Å²) in [4.78, 5) is 5.78. The van der Waals surface area contributed by atoms with Gasteiger partial charge in [0, 0.05) is 29.0 Å². The zero-order valence-corrected chi connectivity index (χ0v) is 10.6. The fraction of sp³-hybridized carbons (Fsp3) is 0.417. The third-order valence-electron chi connectivity index (χ3n) is 2.90. The van der Waals surface area contributed by atoms with Crippen molar-refractivity contribution in [3.8, 4) is 0 Å². The molecular formula is C12H14N2S2. The van der Waals surface area contributed by atoms with Crippen LogP contribution in [0.1, 0.15) is 28.8 Å². The summed E-state index contributed by atoms with van der Waals surface area (Å²) in [5, 5.41) is 9.03. The summed E-state index contributed by atoms with van der Waals surface area (Å²) >= 11 is 3.58. The summed E-state index contributed by atoms with van der Waals surface area (Å²) in [7, 11) is 0. The normalized spacial score (nSPS) is 17.5. The number of nitrogens with zero attached hydrogens (tertiary/aromatic N) is 1. The Morgan fingerprint density at radius 1 is 1.38 bits per heavy atom. The smallest absolute Gasteiger partial charge is 0.106 e. The van der Waals surface area contributed by atoms with Crippen LogP contribution in [0.3, 0.4) is 0 Å². The number of aromatic nitrogens is 1. The van der Waals surface area contributed by atoms with Crippen LogP contribution >= 0.6 is 22.7 Å². The van der Waals surface area contributed by atoms with E-state index >= 15 is 0 Å². The average Bonchev–Trinajstić information content (AvgIpc) is 2.83. The second-order valence-corrected chi connectivity index (χ2v) is 6.10. The van der Waals surface area contributed by atoms with E-state index in [1.54, 1.807) is 11.3 Å². The van der Waals surface area contributed by atoms with Gasteiger partial charge in [-0.2, -0.15) is 0 Å². The Bertz CT molecular complexity index is 418. The number of thiazole rings is 1. The minimum Gasteiger partial charge on any atom is -0.303 e. The molecule has 1 unspecified atom stereocenters. The lowest BCUT2D eigenvalue weighted by molar-refractivity contribution is 0.487. The predicted octanol–water partition coefficient (Wildman–Crippen LogP) is 3.45. The van der Waals surface area contributed by atoms with E-state index in [1.165, 1.54) is 22.7 Å². The molecule has 1 saturated carbocycles. The molecule has 0 spiro atoms. The maximum atomic E-state index is 4.31. The Morgan fingerprint density at radius 2 is 2.31 bits per heavy atom. The molecule has 0 amide bonds. The average molecular weight is 250 g/mol. The van der Waals surface area contributed by atoms with Crippen molar-refractivity contribution in [2.75, 3.05) is 0 Å². The zero-order chi connectivity index (χ0) is 10.8. The topological polar surface area (TPSA) is 24.9 Å². The Morgan fingerprint density at radius 3 is 2.94 bits per heavy atom. The largest absolute Gasteiger partial charge is 0.303 e. The first-order chi connectivity index (χ1) is 7.93. The maximum Gasteiger partial charge on any atom is 0.106 e. The summed E-state index contributed by atoms with van der Waals surface area (Å²) in [5.74, 6) is 0.846. The van der Waals surface area contributed by atoms with Crippen molar-refractivity contribution < 1.29 is 0 Å². The van der Waals surface area contributed by atoms with Gasteiger partial charge in [0.25, 0.3) is 0 Å². The molecule has 1 atom stereocenters. The van der Waals surface area contributed by atoms with E-state index in [0.717, 1.165) is 12.5 Å². The highest BCUT2D eigenvalue weighted by molar-refractivity contribution is 7.10. The summed E-state index contributed by atoms with van der Waals surface area (Å²) < 4.78 is 0. The highest BCUT2D eigenvalue weighted by Gasteiger charge is 2.32. The first-order valence-electron chi connectivity index (χ1n) is 5.58. The summed E-state index contributed by atoms with van der Waals surface area (Å²) in [6.07, 6.45) is 4.61. The minimum absolute atomic E-state index is 0.545. The van der Waals surface area contributed by atoms with Crippen LogP contribution in [0.25, 0.3) is 0 Å². The molecule has 16 heavy (non-hydrogen) atoms. The second-order valence-electron chi connectivity index (χ2n) is 4.14. The zero-order valence-electron chi connectivity index (χ0n) is 8.93. The van der Waals surface area contributed by atoms with Crippen molar-refractivity contribution in [2.24, 2.45) is 5.92 Å². The number of nitrogens with one attached hydrogen (secondary N) is 1. The van der Waals surface area contributed by atoms with Gasteiger partial charge in [-0.1, -0.05) is 6.07 Å². The summed E-state index contributed by atoms with van der Waals surface area (Å²) in [6, 6.07) is 4.92. The predicted molar refractivity (Wildman–Crippen MR) is 68.7 cm³/mol. The van der Waals surface area contributed by atoms with E-state index in [-0.39, 0.29) is 0 Å². The van der Waals surface area contributed by atoms with Crippen molar-refractivity contribution in [2.45, 2.75) is 25.4 Å². The Labute approximate surface area is 103 Å². The Balaban J connectivity index is 1.66. The monoisotopic (exact) mass is 250 g/mol. The van der Waals surface area contributed by atoms with Crippen LogP contribution in [0.5, 0.6) is 0 Å². The summed E-state index contributed by atoms with van der Waals surface area (Å²) in [5.41, 5.74) is 0. The van der Waals surface area contributed by atoms with Crippen molar-refractivity contribution in [1.82, 2.24) is 10.3 Å². The van der Waals surface area contributed by atoms with Crippen molar-refractivity contribution in [3.63, 3.8) is 0 Å². The van der Waals surface area contributed by atoms with Gasteiger partial charge in [0.15, 0.2) is 0 Å². The Kier molecular flexibility index (Phi) is 3.04. The van der Waals surface area contributed by atoms with E-state index in [0.29, 0.717) is 6.04 Å². The van der Waals surface area contributed by atoms with Crippen molar-refractivity contribution in [1.29, 1.82) is 0 Å². The third-order valence-corrected chi connectivity index (χ3v) is 4.63. The van der Waals surface area contributed by atoms with Crippen LogP contribution in [-0.4, -0.2) is 4.98 Å². The lowest BCUT2D eigenvalue weighted by atomic mass is 10.1. The van der Waals surface area contributed by atoms with Gasteiger partial charge in [-0.15, -0.1) is 22.7 Å². The first-order valence-corrected chi connectivity index (χ1v) is 7.34. The standard InChI is InChI=1S/C12H14N2S2/c1-2-10(15-6-1)12(9-3-4-9)14-8-11-13-5-7-16-11/h1-2,5-7,9,12,14H,3-4,8H2. The number of hydrogen-bond donors (Lipinski definition) is 1. The van der Waals surface area contributed by atoms with Gasteiger partial charge in [-0.05, 0) is 30.2 Å². The molecule has 1 fully saturated rings. The number of thiophene rings is 1. The maximum absolute atomic E-state index is 4.31. The molecule has 0 radical (unpaired) electrons. The molecule has 0 aromatic carbocycles. The van der Waals surface area contributed by atoms with Crippen LogP contribution in [0.2, 0.25) is 0 Å². The molecule has 0 aliphatic heterocycles. The van der Waals surface area contributed by atoms with Gasteiger partial charge in [-0.3, -0.25) is 0 Å². The van der Waals surface area contributed by atoms with Gasteiger partial charge in [0.2, 0.25) is 0 Å². The molecule has 2 nitrogen and oxygen atoms in total. The molecule has 2 heterocycles. The fourth-order valence-corrected chi connectivity index (χ4v) is 3.40. The highest BCUT2D eigenvalue weighted by Crippen LogP contribution is 2.42. The van der Waals surface area contributed by atoms with E-state index < -0.39 is 0 Å². The van der Waals surface area contributed by atoms with Crippen molar-refractivity contribution in [3.05, 3.63) is 39.0 Å². The molecule has 1 aliphatic carbocycles. The first kappa shape index (κ1) is 10.4. The molecule has 0 saturated heterocycles. The minimum atomic E-state index is 0.545. The highest BCUT2D eigenvalue weighted by atomic mass is 32.1. The molecule has 3 rings (SSSR count). The molecule has 2 aromatic heterocycles. The number of rotatable bonds is 5. The lowest BCUT2D eigenvalue weighted by Gasteiger charge is -2.15. The molecule has 84 valence electrons. The van der Waals surface area contributed by atoms with Gasteiger partial charge >= 0.3 is 0 Å². The third kappa shape index (κ3) is 2.34. The van der Waals surface area contributed by atoms with Gasteiger partial charge in [0.05, 0.1) is 0 Å². The van der Waals surface area contributed by atoms with Crippen LogP contribution in [0.4, 0.5) is 0 Å². The van der Waals surface area contributed by atoms with Crippen LogP contribution in [0.15, 0.2) is 29.1 Å². The van der Waals surface area contributed by atoms with Crippen LogP contribution in [0, 0.1) is 5.92 Å². The molecule has 2 aromatic rings. The van der Waals surface area contributed by atoms with Crippen molar-refractivity contribution >= 4 is 22.7 Å². The molecule has 4 heteroatoms. The van der Waals surface area contributed by atoms with Gasteiger partial charge in [0.1, 0.15) is 5.01 Å². The quantitative estimate of drug-likeness (QED) is 0.879. The van der Waals surface area contributed by atoms with Gasteiger partial charge in [-0.25, -0.2) is 4.98 Å². The van der Waals surface area contributed by atoms with E-state index in [2.05, 4.69) is 27.8 Å². The summed E-state index contributed by atoms with van der Waals surface area (Å²) in [6.45, 7) is 0.900. The molecule has 0 bridgehead atoms. The molecule has 1 N–H and O–H groups in total. The second kappa shape index (κ2) is 4.65. The van der Waals surface area contributed by atoms with E-state index in [1.807, 2.05) is 22.9 Å². The molecule has 1 aliphatic rings. The van der Waals surface area contributed by atoms with Crippen LogP contribution < -0.4 is 5.32 Å². The van der Waals surface area contributed by atoms with E-state index in [4.69, 9.17) is 0 Å². The van der Waals surface area contributed by atoms with Crippen LogP contribution in [-0.2, 0) is 6.54 Å². The molecular weight excluding hydrogens is 236 g/mol. The van der Waals surface area contributed by atoms with E-state index in [9.17, 15) is 0 Å². The lowest BCUT2D eigenvalue weighted by Crippen LogP contribution is -2.21. The SMILES string of the molecule is c1csc(C(NCc2nccs2)C2CC2)c1. The number of hydrogen-bond acceptors (Lipinski definition) is 4.